The lowest BCUT2D eigenvalue weighted by atomic mass is 10.0. The number of nitrogens with zero attached hydrogens (tertiary/aromatic N) is 9. The van der Waals surface area contributed by atoms with Gasteiger partial charge in [0.05, 0.1) is 29.0 Å². The molecule has 5 aromatic rings. The number of aryl methyl sites for hydroxylation is 2. The van der Waals surface area contributed by atoms with Crippen molar-refractivity contribution in [2.24, 2.45) is 13.0 Å². The molecule has 4 bridgehead atoms. The molecule has 3 atom stereocenters. The molecule has 13 heteroatoms. The maximum Gasteiger partial charge on any atom is 0.153 e. The molecule has 0 radical (unpaired) electrons. The quantitative estimate of drug-likeness (QED) is 0.202. The summed E-state index contributed by atoms with van der Waals surface area (Å²) in [5, 5.41) is 8.46. The van der Waals surface area contributed by atoms with Gasteiger partial charge in [0, 0.05) is 74.1 Å². The monoisotopic (exact) mass is 736 g/mol. The van der Waals surface area contributed by atoms with Gasteiger partial charge in [0.15, 0.2) is 5.82 Å². The van der Waals surface area contributed by atoms with Crippen LogP contribution in [0.2, 0.25) is 0 Å². The van der Waals surface area contributed by atoms with E-state index in [2.05, 4.69) is 40.6 Å². The highest BCUT2D eigenvalue weighted by Crippen LogP contribution is 2.47. The van der Waals surface area contributed by atoms with Crippen molar-refractivity contribution < 1.29 is 13.2 Å². The lowest BCUT2D eigenvalue weighted by Crippen LogP contribution is -2.39. The first kappa shape index (κ1) is 35.7. The SMILES string of the molecule is C=C1C2CC(CN2c2nc(C3(C)CC3)n(C)n(-c3ccc(F)cc3F)ncc2C)Nc2cccc(n2)-c2cc(F)cc3nc(C)n(c23)CC(CC)CN1C. The minimum absolute atomic E-state index is 0.0318. The molecule has 0 amide bonds. The summed E-state index contributed by atoms with van der Waals surface area (Å²) in [4.78, 5) is 21.3. The number of hydrogen-bond acceptors (Lipinski definition) is 7. The molecular weight excluding hydrogens is 690 g/mol. The van der Waals surface area contributed by atoms with Crippen LogP contribution in [-0.4, -0.2) is 71.2 Å². The van der Waals surface area contributed by atoms with Crippen LogP contribution in [0.3, 0.4) is 0 Å². The predicted molar refractivity (Wildman–Crippen MR) is 206 cm³/mol. The number of anilines is 2. The van der Waals surface area contributed by atoms with E-state index >= 15 is 8.78 Å². The van der Waals surface area contributed by atoms with Crippen molar-refractivity contribution in [1.82, 2.24) is 39.0 Å². The van der Waals surface area contributed by atoms with Crippen LogP contribution in [-0.2, 0) is 19.0 Å². The minimum atomic E-state index is -0.710. The van der Waals surface area contributed by atoms with Crippen molar-refractivity contribution in [2.75, 3.05) is 30.4 Å². The molecule has 3 unspecified atom stereocenters. The first-order valence-electron chi connectivity index (χ1n) is 18.7. The van der Waals surface area contributed by atoms with E-state index in [-0.39, 0.29) is 34.9 Å². The van der Waals surface area contributed by atoms with Gasteiger partial charge in [-0.05, 0) is 75.8 Å². The van der Waals surface area contributed by atoms with Crippen LogP contribution in [0.5, 0.6) is 0 Å². The fraction of sp³-hybridized carbons (Fsp3) is 0.415. The Morgan fingerprint density at radius 2 is 1.74 bits per heavy atom. The predicted octanol–water partition coefficient (Wildman–Crippen LogP) is 7.77. The molecule has 0 spiro atoms. The van der Waals surface area contributed by atoms with Crippen LogP contribution >= 0.6 is 0 Å². The van der Waals surface area contributed by atoms with Gasteiger partial charge in [-0.2, -0.15) is 9.90 Å². The van der Waals surface area contributed by atoms with Crippen molar-refractivity contribution in [3.05, 3.63) is 102 Å². The van der Waals surface area contributed by atoms with Crippen LogP contribution < -0.4 is 10.2 Å². The molecule has 2 fully saturated rings. The molecule has 3 aliphatic rings. The Balaban J connectivity index is 1.25. The number of aromatic nitrogens is 7. The largest absolute Gasteiger partial charge is 0.376 e. The first-order chi connectivity index (χ1) is 25.8. The molecule has 10 nitrogen and oxygen atoms in total. The highest BCUT2D eigenvalue weighted by molar-refractivity contribution is 5.92. The molecule has 1 saturated heterocycles. The summed E-state index contributed by atoms with van der Waals surface area (Å²) in [6.45, 7) is 15.1. The van der Waals surface area contributed by atoms with Crippen molar-refractivity contribution in [1.29, 1.82) is 0 Å². The topological polar surface area (TPSA) is 84.9 Å². The molecule has 3 aromatic heterocycles. The van der Waals surface area contributed by atoms with E-state index in [9.17, 15) is 4.39 Å². The second-order valence-electron chi connectivity index (χ2n) is 15.5. The normalized spacial score (nSPS) is 20.8. The average Bonchev–Trinajstić information content (AvgIpc) is 3.62. The Morgan fingerprint density at radius 1 is 0.944 bits per heavy atom. The van der Waals surface area contributed by atoms with E-state index in [1.54, 1.807) is 16.9 Å². The maximum atomic E-state index is 15.2. The molecule has 1 saturated carbocycles. The molecule has 2 aliphatic heterocycles. The van der Waals surface area contributed by atoms with Gasteiger partial charge in [-0.15, -0.1) is 0 Å². The van der Waals surface area contributed by atoms with Gasteiger partial charge in [0.1, 0.15) is 40.6 Å². The fourth-order valence-electron chi connectivity index (χ4n) is 8.19. The van der Waals surface area contributed by atoms with Crippen molar-refractivity contribution in [2.45, 2.75) is 77.4 Å². The smallest absolute Gasteiger partial charge is 0.153 e. The molecular formula is C41H47F3N10. The summed E-state index contributed by atoms with van der Waals surface area (Å²) in [5.41, 5.74) is 4.56. The summed E-state index contributed by atoms with van der Waals surface area (Å²) in [6, 6.07) is 12.3. The number of rotatable bonds is 4. The summed E-state index contributed by atoms with van der Waals surface area (Å²) >= 11 is 0. The molecule has 5 heterocycles. The minimum Gasteiger partial charge on any atom is -0.376 e. The second-order valence-corrected chi connectivity index (χ2v) is 15.5. The first-order valence-corrected chi connectivity index (χ1v) is 18.7. The number of imidazole rings is 1. The third kappa shape index (κ3) is 6.36. The third-order valence-corrected chi connectivity index (χ3v) is 11.6. The number of halogens is 3. The molecule has 1 N–H and O–H groups in total. The Bertz CT molecular complexity index is 2330. The Hall–Kier alpha value is -5.33. The molecule has 2 aromatic carbocycles. The molecule has 1 aliphatic carbocycles. The number of nitrogens with one attached hydrogen (secondary N) is 1. The Labute approximate surface area is 313 Å². The number of hydrogen-bond donors (Lipinski definition) is 1. The lowest BCUT2D eigenvalue weighted by Gasteiger charge is -2.35. The average molecular weight is 737 g/mol. The van der Waals surface area contributed by atoms with E-state index in [1.807, 2.05) is 39.1 Å². The Morgan fingerprint density at radius 3 is 2.48 bits per heavy atom. The van der Waals surface area contributed by atoms with E-state index in [0.717, 1.165) is 72.5 Å². The van der Waals surface area contributed by atoms with Gasteiger partial charge >= 0.3 is 0 Å². The van der Waals surface area contributed by atoms with Gasteiger partial charge in [-0.25, -0.2) is 28.1 Å². The maximum absolute atomic E-state index is 15.2. The van der Waals surface area contributed by atoms with Crippen LogP contribution in [0.1, 0.15) is 56.7 Å². The summed E-state index contributed by atoms with van der Waals surface area (Å²) < 4.78 is 48.2. The fourth-order valence-corrected chi connectivity index (χ4v) is 8.19. The summed E-state index contributed by atoms with van der Waals surface area (Å²) in [7, 11) is 3.93. The zero-order valence-corrected chi connectivity index (χ0v) is 31.7. The standard InChI is InChI=1S/C41H47F3N10/c1-8-27-21-50(6)25(3)36-19-30(47-37-11-9-10-33(48-37)31-16-29(43)18-34-38(31)52(22-27)26(4)46-34)23-53(36)39-24(2)20-45-54(35-13-12-28(42)17-32(35)44)51(7)40(49-39)41(5)14-15-41/h9-13,16-18,20,27,30,36H,3,8,14-15,19,21-23H2,1-2,4-7H3,(H,47,48). The number of pyridine rings is 1. The van der Waals surface area contributed by atoms with Crippen LogP contribution in [0.15, 0.2) is 67.0 Å². The molecule has 8 rings (SSSR count). The van der Waals surface area contributed by atoms with Crippen LogP contribution in [0.25, 0.3) is 28.0 Å². The van der Waals surface area contributed by atoms with Crippen LogP contribution in [0, 0.1) is 37.2 Å². The van der Waals surface area contributed by atoms with Gasteiger partial charge in [0.2, 0.25) is 0 Å². The Kier molecular flexibility index (Phi) is 8.93. The highest BCUT2D eigenvalue weighted by Gasteiger charge is 2.44. The van der Waals surface area contributed by atoms with Gasteiger partial charge in [-0.1, -0.05) is 26.5 Å². The van der Waals surface area contributed by atoms with E-state index in [0.29, 0.717) is 35.7 Å². The van der Waals surface area contributed by atoms with E-state index in [4.69, 9.17) is 26.6 Å². The van der Waals surface area contributed by atoms with Gasteiger partial charge < -0.3 is 19.7 Å². The van der Waals surface area contributed by atoms with Crippen LogP contribution in [0.4, 0.5) is 24.8 Å². The van der Waals surface area contributed by atoms with E-state index in [1.165, 1.54) is 23.0 Å². The van der Waals surface area contributed by atoms with E-state index < -0.39 is 11.6 Å². The zero-order chi connectivity index (χ0) is 38.1. The zero-order valence-electron chi connectivity index (χ0n) is 31.7. The number of benzene rings is 2. The lowest BCUT2D eigenvalue weighted by molar-refractivity contribution is 0.287. The highest BCUT2D eigenvalue weighted by atomic mass is 19.1. The third-order valence-electron chi connectivity index (χ3n) is 11.6. The number of likely N-dealkylation sites (N-methyl/N-ethyl adjacent to an activating group) is 1. The number of fused-ring (bicyclic) bond motifs is 5. The van der Waals surface area contributed by atoms with Crippen molar-refractivity contribution in [3.8, 4) is 16.9 Å². The van der Waals surface area contributed by atoms with Gasteiger partial charge in [-0.3, -0.25) is 4.68 Å². The molecule has 54 heavy (non-hydrogen) atoms. The van der Waals surface area contributed by atoms with Crippen molar-refractivity contribution in [3.63, 3.8) is 0 Å². The van der Waals surface area contributed by atoms with Crippen molar-refractivity contribution >= 4 is 22.7 Å². The summed E-state index contributed by atoms with van der Waals surface area (Å²) in [6.07, 6.45) is 5.20. The molecule has 282 valence electrons. The van der Waals surface area contributed by atoms with Gasteiger partial charge in [0.25, 0.3) is 0 Å². The summed E-state index contributed by atoms with van der Waals surface area (Å²) in [5.74, 6) is 1.58. The second kappa shape index (κ2) is 13.5.